The highest BCUT2D eigenvalue weighted by atomic mass is 19.4. The van der Waals surface area contributed by atoms with Crippen molar-refractivity contribution in [1.82, 2.24) is 0 Å². The average Bonchev–Trinajstić information content (AvgIpc) is 2.47. The van der Waals surface area contributed by atoms with E-state index >= 15 is 0 Å². The molecule has 0 aromatic heterocycles. The summed E-state index contributed by atoms with van der Waals surface area (Å²) in [4.78, 5) is 11.4. The lowest BCUT2D eigenvalue weighted by molar-refractivity contribution is -0.138. The van der Waals surface area contributed by atoms with E-state index in [9.17, 15) is 18.0 Å². The molecular formula is C15H12F3NO3. The maximum Gasteiger partial charge on any atom is 0.420 e. The monoisotopic (exact) mass is 311 g/mol. The third-order valence-corrected chi connectivity index (χ3v) is 2.79. The molecule has 0 spiro atoms. The fourth-order valence-electron chi connectivity index (χ4n) is 1.79. The van der Waals surface area contributed by atoms with E-state index in [1.807, 2.05) is 0 Å². The second kappa shape index (κ2) is 5.97. The molecule has 0 amide bonds. The number of hydrogen-bond donors (Lipinski definition) is 1. The van der Waals surface area contributed by atoms with Gasteiger partial charge in [0.15, 0.2) is 0 Å². The van der Waals surface area contributed by atoms with Crippen LogP contribution in [0.25, 0.3) is 0 Å². The van der Waals surface area contributed by atoms with Gasteiger partial charge in [0, 0.05) is 5.69 Å². The van der Waals surface area contributed by atoms with Crippen LogP contribution in [0.4, 0.5) is 18.9 Å². The topological polar surface area (TPSA) is 61.5 Å². The number of nitrogens with two attached hydrogens (primary N) is 1. The van der Waals surface area contributed by atoms with Gasteiger partial charge in [-0.25, -0.2) is 4.79 Å². The largest absolute Gasteiger partial charge is 0.465 e. The predicted molar refractivity (Wildman–Crippen MR) is 73.7 cm³/mol. The Morgan fingerprint density at radius 1 is 1.14 bits per heavy atom. The molecule has 0 aliphatic heterocycles. The highest BCUT2D eigenvalue weighted by Gasteiger charge is 2.34. The van der Waals surface area contributed by atoms with Crippen LogP contribution in [0.1, 0.15) is 15.9 Å². The van der Waals surface area contributed by atoms with Crippen LogP contribution in [0, 0.1) is 0 Å². The van der Waals surface area contributed by atoms with Crippen LogP contribution in [-0.4, -0.2) is 13.1 Å². The smallest absolute Gasteiger partial charge is 0.420 e. The van der Waals surface area contributed by atoms with E-state index in [4.69, 9.17) is 10.5 Å². The molecule has 4 nitrogen and oxygen atoms in total. The minimum absolute atomic E-state index is 0.0250. The Bertz CT molecular complexity index is 699. The summed E-state index contributed by atoms with van der Waals surface area (Å²) in [6.45, 7) is 0. The third kappa shape index (κ3) is 3.49. The molecule has 0 unspecified atom stereocenters. The first kappa shape index (κ1) is 15.7. The highest BCUT2D eigenvalue weighted by molar-refractivity contribution is 5.89. The summed E-state index contributed by atoms with van der Waals surface area (Å²) in [5, 5.41) is 0. The number of anilines is 1. The first-order valence-electron chi connectivity index (χ1n) is 6.14. The zero-order valence-electron chi connectivity index (χ0n) is 11.5. The molecule has 0 heterocycles. The summed E-state index contributed by atoms with van der Waals surface area (Å²) in [5.41, 5.74) is 4.54. The van der Waals surface area contributed by atoms with Gasteiger partial charge in [0.1, 0.15) is 17.1 Å². The summed E-state index contributed by atoms with van der Waals surface area (Å²) in [7, 11) is 1.21. The van der Waals surface area contributed by atoms with Crippen molar-refractivity contribution in [2.75, 3.05) is 12.8 Å². The summed E-state index contributed by atoms with van der Waals surface area (Å²) in [6, 6.07) is 8.89. The molecule has 2 aromatic rings. The van der Waals surface area contributed by atoms with Crippen molar-refractivity contribution in [3.05, 3.63) is 53.6 Å². The van der Waals surface area contributed by atoms with Crippen LogP contribution in [-0.2, 0) is 10.9 Å². The van der Waals surface area contributed by atoms with E-state index in [2.05, 4.69) is 4.74 Å². The van der Waals surface area contributed by atoms with Crippen molar-refractivity contribution in [2.45, 2.75) is 6.18 Å². The van der Waals surface area contributed by atoms with Gasteiger partial charge in [-0.3, -0.25) is 0 Å². The van der Waals surface area contributed by atoms with Crippen molar-refractivity contribution < 1.29 is 27.4 Å². The van der Waals surface area contributed by atoms with Crippen LogP contribution in [0.5, 0.6) is 11.5 Å². The average molecular weight is 311 g/mol. The fraction of sp³-hybridized carbons (Fsp3) is 0.133. The third-order valence-electron chi connectivity index (χ3n) is 2.79. The molecular weight excluding hydrogens is 299 g/mol. The zero-order valence-corrected chi connectivity index (χ0v) is 11.5. The van der Waals surface area contributed by atoms with Gasteiger partial charge in [-0.2, -0.15) is 13.2 Å². The van der Waals surface area contributed by atoms with Gasteiger partial charge < -0.3 is 15.2 Å². The van der Waals surface area contributed by atoms with E-state index in [-0.39, 0.29) is 17.0 Å². The Hall–Kier alpha value is -2.70. The number of halogens is 3. The standard InChI is InChI=1S/C15H12F3NO3/c1-21-14(20)9-3-2-4-11(7-9)22-13-6-5-10(19)8-12(13)15(16,17)18/h2-8H,19H2,1H3. The van der Waals surface area contributed by atoms with Gasteiger partial charge in [-0.05, 0) is 36.4 Å². The fourth-order valence-corrected chi connectivity index (χ4v) is 1.79. The first-order valence-corrected chi connectivity index (χ1v) is 6.14. The van der Waals surface area contributed by atoms with Crippen molar-refractivity contribution in [1.29, 1.82) is 0 Å². The van der Waals surface area contributed by atoms with Crippen LogP contribution in [0.3, 0.4) is 0 Å². The normalized spacial score (nSPS) is 11.1. The quantitative estimate of drug-likeness (QED) is 0.690. The molecule has 2 aromatic carbocycles. The molecule has 0 saturated carbocycles. The van der Waals surface area contributed by atoms with Crippen LogP contribution < -0.4 is 10.5 Å². The minimum atomic E-state index is -4.61. The van der Waals surface area contributed by atoms with Crippen LogP contribution in [0.15, 0.2) is 42.5 Å². The van der Waals surface area contributed by atoms with Gasteiger partial charge in [-0.15, -0.1) is 0 Å². The molecule has 2 N–H and O–H groups in total. The number of carbonyl (C=O) groups excluding carboxylic acids is 1. The van der Waals surface area contributed by atoms with E-state index in [1.54, 1.807) is 0 Å². The van der Waals surface area contributed by atoms with E-state index in [0.717, 1.165) is 12.1 Å². The van der Waals surface area contributed by atoms with Gasteiger partial charge in [0.05, 0.1) is 12.7 Å². The minimum Gasteiger partial charge on any atom is -0.465 e. The molecule has 22 heavy (non-hydrogen) atoms. The van der Waals surface area contributed by atoms with Gasteiger partial charge in [0.2, 0.25) is 0 Å². The maximum atomic E-state index is 13.0. The molecule has 116 valence electrons. The molecule has 0 aliphatic carbocycles. The molecule has 0 fully saturated rings. The Labute approximate surface area is 124 Å². The van der Waals surface area contributed by atoms with Gasteiger partial charge >= 0.3 is 12.1 Å². The van der Waals surface area contributed by atoms with Crippen molar-refractivity contribution in [3.8, 4) is 11.5 Å². The van der Waals surface area contributed by atoms with Crippen molar-refractivity contribution >= 4 is 11.7 Å². The Balaban J connectivity index is 2.37. The number of rotatable bonds is 3. The zero-order chi connectivity index (χ0) is 16.3. The molecule has 0 radical (unpaired) electrons. The molecule has 7 heteroatoms. The Morgan fingerprint density at radius 3 is 2.50 bits per heavy atom. The first-order chi connectivity index (χ1) is 10.3. The van der Waals surface area contributed by atoms with E-state index < -0.39 is 23.5 Å². The van der Waals surface area contributed by atoms with Gasteiger partial charge in [0.25, 0.3) is 0 Å². The van der Waals surface area contributed by atoms with E-state index in [0.29, 0.717) is 0 Å². The SMILES string of the molecule is COC(=O)c1cccc(Oc2ccc(N)cc2C(F)(F)F)c1. The van der Waals surface area contributed by atoms with Crippen molar-refractivity contribution in [3.63, 3.8) is 0 Å². The second-order valence-electron chi connectivity index (χ2n) is 4.37. The maximum absolute atomic E-state index is 13.0. The number of carbonyl (C=O) groups is 1. The molecule has 0 saturated heterocycles. The lowest BCUT2D eigenvalue weighted by Gasteiger charge is -2.14. The lowest BCUT2D eigenvalue weighted by atomic mass is 10.1. The Morgan fingerprint density at radius 2 is 1.86 bits per heavy atom. The number of benzene rings is 2. The number of hydrogen-bond acceptors (Lipinski definition) is 4. The van der Waals surface area contributed by atoms with E-state index in [1.165, 1.54) is 37.4 Å². The number of nitrogen functional groups attached to an aromatic ring is 1. The van der Waals surface area contributed by atoms with Crippen molar-refractivity contribution in [2.24, 2.45) is 0 Å². The predicted octanol–water partition coefficient (Wildman–Crippen LogP) is 3.87. The highest BCUT2D eigenvalue weighted by Crippen LogP contribution is 2.39. The number of ether oxygens (including phenoxy) is 2. The molecule has 0 atom stereocenters. The van der Waals surface area contributed by atoms with Crippen LogP contribution in [0.2, 0.25) is 0 Å². The second-order valence-corrected chi connectivity index (χ2v) is 4.37. The van der Waals surface area contributed by atoms with Gasteiger partial charge in [-0.1, -0.05) is 6.07 Å². The number of alkyl halides is 3. The molecule has 0 bridgehead atoms. The summed E-state index contributed by atoms with van der Waals surface area (Å²) < 4.78 is 48.7. The summed E-state index contributed by atoms with van der Waals surface area (Å²) >= 11 is 0. The van der Waals surface area contributed by atoms with Crippen LogP contribution >= 0.6 is 0 Å². The lowest BCUT2D eigenvalue weighted by Crippen LogP contribution is -2.08. The molecule has 0 aliphatic rings. The number of esters is 1. The Kier molecular flexibility index (Phi) is 4.25. The molecule has 2 rings (SSSR count). The summed E-state index contributed by atoms with van der Waals surface area (Å²) in [5.74, 6) is -0.930. The number of methoxy groups -OCH3 is 1. The summed E-state index contributed by atoms with van der Waals surface area (Å²) in [6.07, 6.45) is -4.61.